The van der Waals surface area contributed by atoms with Crippen LogP contribution in [0.3, 0.4) is 0 Å². The van der Waals surface area contributed by atoms with E-state index in [1.807, 2.05) is 13.8 Å². The minimum absolute atomic E-state index is 0.107. The molecule has 22 heavy (non-hydrogen) atoms. The number of hydrogen-bond acceptors (Lipinski definition) is 6. The summed E-state index contributed by atoms with van der Waals surface area (Å²) in [6.45, 7) is 4.72. The second kappa shape index (κ2) is 7.42. The Bertz CT molecular complexity index is 613. The third-order valence-corrected chi connectivity index (χ3v) is 4.13. The van der Waals surface area contributed by atoms with Crippen molar-refractivity contribution in [3.05, 3.63) is 29.7 Å². The van der Waals surface area contributed by atoms with E-state index in [1.165, 1.54) is 11.3 Å². The van der Waals surface area contributed by atoms with E-state index in [0.717, 1.165) is 12.8 Å². The van der Waals surface area contributed by atoms with Crippen LogP contribution in [0.1, 0.15) is 37.2 Å². The first kappa shape index (κ1) is 16.5. The maximum absolute atomic E-state index is 12.0. The Morgan fingerprint density at radius 3 is 2.91 bits per heavy atom. The first-order valence-electron chi connectivity index (χ1n) is 7.13. The predicted molar refractivity (Wildman–Crippen MR) is 85.6 cm³/mol. The molecule has 2 heterocycles. The summed E-state index contributed by atoms with van der Waals surface area (Å²) in [4.78, 5) is 24.5. The number of carbonyl (C=O) groups excluding carboxylic acids is 1. The number of thiazole rings is 1. The van der Waals surface area contributed by atoms with Gasteiger partial charge in [0.15, 0.2) is 0 Å². The zero-order valence-corrected chi connectivity index (χ0v) is 13.6. The van der Waals surface area contributed by atoms with E-state index >= 15 is 0 Å². The fourth-order valence-electron chi connectivity index (χ4n) is 1.84. The van der Waals surface area contributed by atoms with Crippen molar-refractivity contribution in [3.63, 3.8) is 0 Å². The number of aliphatic hydroxyl groups is 1. The van der Waals surface area contributed by atoms with Gasteiger partial charge < -0.3 is 10.4 Å². The lowest BCUT2D eigenvalue weighted by Crippen LogP contribution is -2.26. The van der Waals surface area contributed by atoms with Gasteiger partial charge in [-0.2, -0.15) is 0 Å². The summed E-state index contributed by atoms with van der Waals surface area (Å²) < 4.78 is 0. The van der Waals surface area contributed by atoms with E-state index in [9.17, 15) is 9.90 Å². The normalized spacial score (nSPS) is 11.4. The van der Waals surface area contributed by atoms with E-state index in [0.29, 0.717) is 22.9 Å². The number of hydrogen-bond donors (Lipinski definition) is 2. The highest BCUT2D eigenvalue weighted by molar-refractivity contribution is 7.13. The molecule has 0 bridgehead atoms. The van der Waals surface area contributed by atoms with Crippen LogP contribution in [0.2, 0.25) is 0 Å². The Kier molecular flexibility index (Phi) is 5.57. The third-order valence-electron chi connectivity index (χ3n) is 3.26. The lowest BCUT2D eigenvalue weighted by molar-refractivity contribution is 0.0944. The summed E-state index contributed by atoms with van der Waals surface area (Å²) in [6, 6.07) is 0. The van der Waals surface area contributed by atoms with Crippen LogP contribution in [0.15, 0.2) is 24.0 Å². The summed E-state index contributed by atoms with van der Waals surface area (Å²) in [5.41, 5.74) is 0.952. The Hall–Kier alpha value is -1.86. The van der Waals surface area contributed by atoms with Crippen molar-refractivity contribution in [1.82, 2.24) is 20.3 Å². The van der Waals surface area contributed by atoms with Crippen LogP contribution in [-0.4, -0.2) is 39.1 Å². The van der Waals surface area contributed by atoms with Crippen LogP contribution in [0.25, 0.3) is 10.7 Å². The molecule has 0 saturated carbocycles. The maximum Gasteiger partial charge on any atom is 0.270 e. The lowest BCUT2D eigenvalue weighted by atomic mass is 9.89. The monoisotopic (exact) mass is 320 g/mol. The molecule has 0 fully saturated rings. The van der Waals surface area contributed by atoms with E-state index in [4.69, 9.17) is 0 Å². The van der Waals surface area contributed by atoms with Crippen LogP contribution in [0.5, 0.6) is 0 Å². The van der Waals surface area contributed by atoms with Crippen LogP contribution in [0, 0.1) is 5.41 Å². The van der Waals surface area contributed by atoms with Gasteiger partial charge in [0.2, 0.25) is 0 Å². The second-order valence-electron chi connectivity index (χ2n) is 5.81. The van der Waals surface area contributed by atoms with Gasteiger partial charge in [0.25, 0.3) is 5.91 Å². The fourth-order valence-corrected chi connectivity index (χ4v) is 2.60. The van der Waals surface area contributed by atoms with Crippen LogP contribution in [0.4, 0.5) is 0 Å². The number of rotatable bonds is 7. The highest BCUT2D eigenvalue weighted by atomic mass is 32.1. The average Bonchev–Trinajstić information content (AvgIpc) is 3.02. The summed E-state index contributed by atoms with van der Waals surface area (Å²) in [5, 5.41) is 14.4. The van der Waals surface area contributed by atoms with Crippen LogP contribution < -0.4 is 5.32 Å². The largest absolute Gasteiger partial charge is 0.396 e. The topological polar surface area (TPSA) is 88.0 Å². The SMILES string of the molecule is CC(C)(CO)CCCNC(=O)c1csc(-c2cnccn2)n1. The first-order valence-corrected chi connectivity index (χ1v) is 8.01. The molecule has 0 unspecified atom stereocenters. The molecule has 2 rings (SSSR count). The van der Waals surface area contributed by atoms with Crippen LogP contribution in [-0.2, 0) is 0 Å². The van der Waals surface area contributed by atoms with Gasteiger partial charge in [0.1, 0.15) is 16.4 Å². The van der Waals surface area contributed by atoms with Gasteiger partial charge in [-0.05, 0) is 18.3 Å². The minimum Gasteiger partial charge on any atom is -0.396 e. The minimum atomic E-state index is -0.187. The van der Waals surface area contributed by atoms with Gasteiger partial charge in [-0.1, -0.05) is 13.8 Å². The van der Waals surface area contributed by atoms with Gasteiger partial charge in [-0.3, -0.25) is 14.8 Å². The number of nitrogens with one attached hydrogen (secondary N) is 1. The quantitative estimate of drug-likeness (QED) is 0.763. The van der Waals surface area contributed by atoms with E-state index < -0.39 is 0 Å². The first-order chi connectivity index (χ1) is 10.5. The van der Waals surface area contributed by atoms with Crippen LogP contribution >= 0.6 is 11.3 Å². The molecular formula is C15H20N4O2S. The summed E-state index contributed by atoms with van der Waals surface area (Å²) in [5.74, 6) is -0.187. The number of amides is 1. The molecule has 118 valence electrons. The summed E-state index contributed by atoms with van der Waals surface area (Å²) in [7, 11) is 0. The van der Waals surface area contributed by atoms with Gasteiger partial charge in [-0.25, -0.2) is 4.98 Å². The van der Waals surface area contributed by atoms with Gasteiger partial charge in [0.05, 0.1) is 6.20 Å². The van der Waals surface area contributed by atoms with Crippen molar-refractivity contribution in [2.75, 3.05) is 13.2 Å². The van der Waals surface area contributed by atoms with E-state index in [1.54, 1.807) is 24.0 Å². The molecular weight excluding hydrogens is 300 g/mol. The zero-order chi connectivity index (χ0) is 16.0. The smallest absolute Gasteiger partial charge is 0.270 e. The molecule has 0 aliphatic heterocycles. The van der Waals surface area contributed by atoms with Gasteiger partial charge >= 0.3 is 0 Å². The Balaban J connectivity index is 1.85. The van der Waals surface area contributed by atoms with Gasteiger partial charge in [-0.15, -0.1) is 11.3 Å². The van der Waals surface area contributed by atoms with Crippen molar-refractivity contribution >= 4 is 17.2 Å². The molecule has 7 heteroatoms. The van der Waals surface area contributed by atoms with Crippen molar-refractivity contribution < 1.29 is 9.90 Å². The standard InChI is InChI=1S/C15H20N4O2S/c1-15(2,10-20)4-3-5-18-13(21)12-9-22-14(19-12)11-8-16-6-7-17-11/h6-9,20H,3-5,10H2,1-2H3,(H,18,21). The zero-order valence-electron chi connectivity index (χ0n) is 12.7. The van der Waals surface area contributed by atoms with Crippen molar-refractivity contribution in [2.45, 2.75) is 26.7 Å². The van der Waals surface area contributed by atoms with Gasteiger partial charge in [0, 0.05) is 30.9 Å². The molecule has 0 saturated heterocycles. The van der Waals surface area contributed by atoms with Crippen molar-refractivity contribution in [2.24, 2.45) is 5.41 Å². The predicted octanol–water partition coefficient (Wildman–Crippen LogP) is 2.13. The highest BCUT2D eigenvalue weighted by Crippen LogP contribution is 2.21. The summed E-state index contributed by atoms with van der Waals surface area (Å²) in [6.07, 6.45) is 6.49. The van der Waals surface area contributed by atoms with Crippen molar-refractivity contribution in [3.8, 4) is 10.7 Å². The number of nitrogens with zero attached hydrogens (tertiary/aromatic N) is 3. The number of carbonyl (C=O) groups is 1. The molecule has 2 aromatic heterocycles. The Morgan fingerprint density at radius 2 is 2.23 bits per heavy atom. The number of aliphatic hydroxyl groups excluding tert-OH is 1. The summed E-state index contributed by atoms with van der Waals surface area (Å²) >= 11 is 1.37. The fraction of sp³-hybridized carbons (Fsp3) is 0.467. The number of aromatic nitrogens is 3. The molecule has 1 amide bonds. The van der Waals surface area contributed by atoms with E-state index in [2.05, 4.69) is 20.3 Å². The molecule has 2 aromatic rings. The lowest BCUT2D eigenvalue weighted by Gasteiger charge is -2.21. The molecule has 6 nitrogen and oxygen atoms in total. The second-order valence-corrected chi connectivity index (χ2v) is 6.67. The average molecular weight is 320 g/mol. The molecule has 2 N–H and O–H groups in total. The molecule has 0 aromatic carbocycles. The molecule has 0 radical (unpaired) electrons. The highest BCUT2D eigenvalue weighted by Gasteiger charge is 2.16. The van der Waals surface area contributed by atoms with E-state index in [-0.39, 0.29) is 17.9 Å². The Morgan fingerprint density at radius 1 is 1.41 bits per heavy atom. The maximum atomic E-state index is 12.0. The molecule has 0 atom stereocenters. The molecule has 0 aliphatic rings. The Labute approximate surface area is 133 Å². The molecule has 0 aliphatic carbocycles. The molecule has 0 spiro atoms. The van der Waals surface area contributed by atoms with Crippen molar-refractivity contribution in [1.29, 1.82) is 0 Å². The third kappa shape index (κ3) is 4.57.